The molecule has 0 N–H and O–H groups in total. The molecule has 5 rings (SSSR count). The van der Waals surface area contributed by atoms with Crippen LogP contribution in [0.4, 0.5) is 5.88 Å². The molecule has 2 aromatic carbocycles. The number of sulfone groups is 1. The molecule has 0 saturated carbocycles. The molecule has 0 amide bonds. The summed E-state index contributed by atoms with van der Waals surface area (Å²) in [6, 6.07) is 11.9. The Hall–Kier alpha value is -3.20. The fourth-order valence-corrected chi connectivity index (χ4v) is 5.47. The van der Waals surface area contributed by atoms with Gasteiger partial charge in [0, 0.05) is 24.7 Å². The Morgan fingerprint density at radius 3 is 2.45 bits per heavy atom. The Bertz CT molecular complexity index is 1250. The van der Waals surface area contributed by atoms with Crippen LogP contribution in [0.1, 0.15) is 25.7 Å². The first-order valence-electron chi connectivity index (χ1n) is 11.1. The van der Waals surface area contributed by atoms with Crippen LogP contribution in [-0.4, -0.2) is 46.8 Å². The summed E-state index contributed by atoms with van der Waals surface area (Å²) in [5.74, 6) is 2.10. The van der Waals surface area contributed by atoms with Crippen molar-refractivity contribution in [2.45, 2.75) is 35.6 Å². The average Bonchev–Trinajstić information content (AvgIpc) is 3.14. The number of rotatable bonds is 5. The third-order valence-corrected chi connectivity index (χ3v) is 7.52. The molecule has 2 aliphatic rings. The second-order valence-corrected chi connectivity index (χ2v) is 9.94. The zero-order valence-electron chi connectivity index (χ0n) is 18.5. The maximum absolute atomic E-state index is 13.8. The van der Waals surface area contributed by atoms with Gasteiger partial charge in [-0.3, -0.25) is 0 Å². The normalized spacial score (nSPS) is 16.3. The van der Waals surface area contributed by atoms with Gasteiger partial charge >= 0.3 is 0 Å². The summed E-state index contributed by atoms with van der Waals surface area (Å²) >= 11 is 0. The van der Waals surface area contributed by atoms with E-state index in [-0.39, 0.29) is 21.7 Å². The zero-order chi connectivity index (χ0) is 22.8. The Kier molecular flexibility index (Phi) is 5.88. The van der Waals surface area contributed by atoms with Gasteiger partial charge < -0.3 is 23.5 Å². The molecule has 1 aromatic heterocycles. The van der Waals surface area contributed by atoms with Gasteiger partial charge in [-0.15, -0.1) is 0 Å². The number of anilines is 1. The van der Waals surface area contributed by atoms with Gasteiger partial charge in [-0.25, -0.2) is 8.42 Å². The summed E-state index contributed by atoms with van der Waals surface area (Å²) in [5, 5.41) is -0.0844. The van der Waals surface area contributed by atoms with E-state index < -0.39 is 9.84 Å². The van der Waals surface area contributed by atoms with E-state index in [1.54, 1.807) is 19.2 Å². The highest BCUT2D eigenvalue weighted by Crippen LogP contribution is 2.39. The summed E-state index contributed by atoms with van der Waals surface area (Å²) in [5.41, 5.74) is 0.647. The van der Waals surface area contributed by atoms with Crippen LogP contribution >= 0.6 is 0 Å². The number of ether oxygens (including phenoxy) is 3. The van der Waals surface area contributed by atoms with Crippen LogP contribution < -0.4 is 19.1 Å². The standard InChI is InChI=1S/C24H26N2O6S/c1-29-18-8-6-7-17(15-18)22-25-23(24(32-22)26-11-4-2-3-5-12-26)33(27,28)19-9-10-20-21(16-19)31-14-13-30-20/h6-10,15-16H,2-5,11-14H2,1H3. The number of oxazole rings is 1. The molecule has 2 aliphatic heterocycles. The minimum Gasteiger partial charge on any atom is -0.497 e. The molecule has 1 saturated heterocycles. The van der Waals surface area contributed by atoms with Crippen LogP contribution in [0.3, 0.4) is 0 Å². The van der Waals surface area contributed by atoms with Crippen molar-refractivity contribution in [2.24, 2.45) is 0 Å². The van der Waals surface area contributed by atoms with Crippen LogP contribution in [-0.2, 0) is 9.84 Å². The quantitative estimate of drug-likeness (QED) is 0.544. The van der Waals surface area contributed by atoms with Crippen molar-refractivity contribution in [2.75, 3.05) is 38.3 Å². The Labute approximate surface area is 193 Å². The molecule has 33 heavy (non-hydrogen) atoms. The summed E-state index contributed by atoms with van der Waals surface area (Å²) < 4.78 is 50.1. The van der Waals surface area contributed by atoms with Gasteiger partial charge in [0.25, 0.3) is 0 Å². The van der Waals surface area contributed by atoms with Gasteiger partial charge in [0.2, 0.25) is 26.6 Å². The van der Waals surface area contributed by atoms with Crippen LogP contribution in [0.5, 0.6) is 17.2 Å². The van der Waals surface area contributed by atoms with Gasteiger partial charge in [0.1, 0.15) is 19.0 Å². The maximum atomic E-state index is 13.8. The number of fused-ring (bicyclic) bond motifs is 1. The van der Waals surface area contributed by atoms with Gasteiger partial charge in [-0.2, -0.15) is 4.98 Å². The number of benzene rings is 2. The number of hydrogen-bond donors (Lipinski definition) is 0. The van der Waals surface area contributed by atoms with E-state index in [1.165, 1.54) is 12.1 Å². The summed E-state index contributed by atoms with van der Waals surface area (Å²) in [6.07, 6.45) is 4.16. The molecule has 174 valence electrons. The van der Waals surface area contributed by atoms with Crippen molar-refractivity contribution in [3.8, 4) is 28.7 Å². The second-order valence-electron chi connectivity index (χ2n) is 8.07. The van der Waals surface area contributed by atoms with Gasteiger partial charge in [0.15, 0.2) is 11.5 Å². The predicted molar refractivity (Wildman–Crippen MR) is 122 cm³/mol. The number of hydrogen-bond acceptors (Lipinski definition) is 8. The number of nitrogens with zero attached hydrogens (tertiary/aromatic N) is 2. The first kappa shape index (κ1) is 21.6. The predicted octanol–water partition coefficient (Wildman–Crippen LogP) is 4.33. The van der Waals surface area contributed by atoms with Crippen LogP contribution in [0.2, 0.25) is 0 Å². The average molecular weight is 471 g/mol. The summed E-state index contributed by atoms with van der Waals surface area (Å²) in [7, 11) is -2.40. The first-order chi connectivity index (χ1) is 16.1. The minimum atomic E-state index is -3.98. The van der Waals surface area contributed by atoms with E-state index >= 15 is 0 Å². The van der Waals surface area contributed by atoms with Crippen molar-refractivity contribution in [3.05, 3.63) is 42.5 Å². The first-order valence-corrected chi connectivity index (χ1v) is 12.6. The molecule has 1 fully saturated rings. The van der Waals surface area contributed by atoms with E-state index in [2.05, 4.69) is 4.98 Å². The molecule has 0 unspecified atom stereocenters. The van der Waals surface area contributed by atoms with Crippen molar-refractivity contribution >= 4 is 15.7 Å². The van der Waals surface area contributed by atoms with Crippen molar-refractivity contribution in [3.63, 3.8) is 0 Å². The number of methoxy groups -OCH3 is 1. The van der Waals surface area contributed by atoms with E-state index in [0.717, 1.165) is 38.8 Å². The third kappa shape index (κ3) is 4.25. The minimum absolute atomic E-state index is 0.0844. The lowest BCUT2D eigenvalue weighted by Crippen LogP contribution is -2.25. The van der Waals surface area contributed by atoms with Gasteiger partial charge in [0.05, 0.1) is 12.0 Å². The van der Waals surface area contributed by atoms with Crippen LogP contribution in [0.25, 0.3) is 11.5 Å². The highest BCUT2D eigenvalue weighted by molar-refractivity contribution is 7.91. The molecule has 0 radical (unpaired) electrons. The summed E-state index contributed by atoms with van der Waals surface area (Å²) in [4.78, 5) is 6.58. The summed E-state index contributed by atoms with van der Waals surface area (Å²) in [6.45, 7) is 2.25. The lowest BCUT2D eigenvalue weighted by molar-refractivity contribution is 0.171. The molecular weight excluding hydrogens is 444 g/mol. The van der Waals surface area contributed by atoms with Crippen molar-refractivity contribution in [1.29, 1.82) is 0 Å². The number of aromatic nitrogens is 1. The smallest absolute Gasteiger partial charge is 0.236 e. The largest absolute Gasteiger partial charge is 0.497 e. The SMILES string of the molecule is COc1cccc(-c2nc(S(=O)(=O)c3ccc4c(c3)OCCO4)c(N3CCCCCC3)o2)c1. The monoisotopic (exact) mass is 470 g/mol. The molecule has 8 nitrogen and oxygen atoms in total. The fraction of sp³-hybridized carbons (Fsp3) is 0.375. The molecule has 0 atom stereocenters. The fourth-order valence-electron chi connectivity index (χ4n) is 4.13. The lowest BCUT2D eigenvalue weighted by atomic mass is 10.2. The molecule has 9 heteroatoms. The Morgan fingerprint density at radius 2 is 1.70 bits per heavy atom. The highest BCUT2D eigenvalue weighted by atomic mass is 32.2. The third-order valence-electron chi connectivity index (χ3n) is 5.87. The van der Waals surface area contributed by atoms with E-state index in [1.807, 2.05) is 23.1 Å². The van der Waals surface area contributed by atoms with Crippen LogP contribution in [0.15, 0.2) is 56.8 Å². The van der Waals surface area contributed by atoms with Crippen LogP contribution in [0, 0.1) is 0 Å². The van der Waals surface area contributed by atoms with Gasteiger partial charge in [-0.1, -0.05) is 18.9 Å². The van der Waals surface area contributed by atoms with Crippen molar-refractivity contribution in [1.82, 2.24) is 4.98 Å². The molecule has 0 aliphatic carbocycles. The highest BCUT2D eigenvalue weighted by Gasteiger charge is 2.32. The van der Waals surface area contributed by atoms with E-state index in [9.17, 15) is 8.42 Å². The Morgan fingerprint density at radius 1 is 0.939 bits per heavy atom. The topological polar surface area (TPSA) is 91.1 Å². The molecule has 0 bridgehead atoms. The van der Waals surface area contributed by atoms with Gasteiger partial charge in [-0.05, 0) is 43.2 Å². The molecule has 0 spiro atoms. The Balaban J connectivity index is 1.62. The molecular formula is C24H26N2O6S. The lowest BCUT2D eigenvalue weighted by Gasteiger charge is -2.21. The molecule has 3 aromatic rings. The maximum Gasteiger partial charge on any atom is 0.236 e. The van der Waals surface area contributed by atoms with E-state index in [4.69, 9.17) is 18.6 Å². The van der Waals surface area contributed by atoms with E-state index in [0.29, 0.717) is 36.0 Å². The molecule has 3 heterocycles. The zero-order valence-corrected chi connectivity index (χ0v) is 19.3. The van der Waals surface area contributed by atoms with Crippen molar-refractivity contribution < 1.29 is 27.0 Å². The second kappa shape index (κ2) is 8.97.